The summed E-state index contributed by atoms with van der Waals surface area (Å²) in [6.45, 7) is 5.67. The first-order valence-electron chi connectivity index (χ1n) is 6.50. The molecule has 19 heavy (non-hydrogen) atoms. The van der Waals surface area contributed by atoms with Gasteiger partial charge in [-0.1, -0.05) is 17.9 Å². The van der Waals surface area contributed by atoms with Crippen LogP contribution >= 0.6 is 0 Å². The van der Waals surface area contributed by atoms with Gasteiger partial charge in [0.15, 0.2) is 0 Å². The predicted octanol–water partition coefficient (Wildman–Crippen LogP) is 1.36. The number of benzene rings is 1. The molecule has 1 heterocycles. The summed E-state index contributed by atoms with van der Waals surface area (Å²) in [4.78, 5) is 2.31. The summed E-state index contributed by atoms with van der Waals surface area (Å²) < 4.78 is 19.1. The summed E-state index contributed by atoms with van der Waals surface area (Å²) >= 11 is 0. The molecular formula is C15H19FN2O. The molecule has 2 N–H and O–H groups in total. The van der Waals surface area contributed by atoms with Crippen LogP contribution < -0.4 is 5.73 Å². The first kappa shape index (κ1) is 14.0. The highest BCUT2D eigenvalue weighted by Gasteiger charge is 2.16. The van der Waals surface area contributed by atoms with E-state index in [0.717, 1.165) is 31.8 Å². The second kappa shape index (κ2) is 6.67. The fourth-order valence-electron chi connectivity index (χ4n) is 2.21. The zero-order valence-electron chi connectivity index (χ0n) is 11.2. The van der Waals surface area contributed by atoms with E-state index in [2.05, 4.69) is 23.7 Å². The van der Waals surface area contributed by atoms with Gasteiger partial charge < -0.3 is 10.5 Å². The quantitative estimate of drug-likeness (QED) is 0.818. The van der Waals surface area contributed by atoms with Gasteiger partial charge in [-0.15, -0.1) is 0 Å². The van der Waals surface area contributed by atoms with E-state index in [9.17, 15) is 4.39 Å². The van der Waals surface area contributed by atoms with E-state index < -0.39 is 0 Å². The molecule has 1 unspecified atom stereocenters. The van der Waals surface area contributed by atoms with Crippen molar-refractivity contribution < 1.29 is 9.13 Å². The van der Waals surface area contributed by atoms with Crippen molar-refractivity contribution in [3.05, 3.63) is 35.1 Å². The number of rotatable bonds is 2. The van der Waals surface area contributed by atoms with Crippen molar-refractivity contribution >= 4 is 0 Å². The summed E-state index contributed by atoms with van der Waals surface area (Å²) in [6, 6.07) is 5.08. The Kier molecular flexibility index (Phi) is 4.92. The van der Waals surface area contributed by atoms with Crippen LogP contribution in [0.25, 0.3) is 0 Å². The Balaban J connectivity index is 2.08. The minimum absolute atomic E-state index is 0.241. The molecule has 2 rings (SSSR count). The van der Waals surface area contributed by atoms with Gasteiger partial charge in [-0.05, 0) is 24.6 Å². The molecule has 1 aliphatic heterocycles. The molecular weight excluding hydrogens is 243 g/mol. The molecule has 0 aromatic heterocycles. The van der Waals surface area contributed by atoms with Crippen LogP contribution in [0, 0.1) is 17.7 Å². The molecule has 0 aliphatic carbocycles. The van der Waals surface area contributed by atoms with Crippen molar-refractivity contribution in [1.29, 1.82) is 0 Å². The maximum absolute atomic E-state index is 13.6. The van der Waals surface area contributed by atoms with E-state index in [0.29, 0.717) is 5.56 Å². The van der Waals surface area contributed by atoms with Crippen LogP contribution in [-0.4, -0.2) is 37.2 Å². The summed E-state index contributed by atoms with van der Waals surface area (Å²) in [7, 11) is 0. The van der Waals surface area contributed by atoms with Gasteiger partial charge in [-0.3, -0.25) is 4.90 Å². The third-order valence-corrected chi connectivity index (χ3v) is 3.09. The van der Waals surface area contributed by atoms with Crippen molar-refractivity contribution in [3.8, 4) is 11.8 Å². The molecule has 102 valence electrons. The van der Waals surface area contributed by atoms with Crippen molar-refractivity contribution in [1.82, 2.24) is 4.90 Å². The van der Waals surface area contributed by atoms with E-state index in [4.69, 9.17) is 10.5 Å². The van der Waals surface area contributed by atoms with E-state index in [1.807, 2.05) is 6.07 Å². The first-order chi connectivity index (χ1) is 9.19. The standard InChI is InChI=1S/C15H19FN2O/c1-12-10-18(7-8-19-12)11-13-4-5-15(16)14(9-13)3-2-6-17/h4-5,9,12H,6-8,10-11,17H2,1H3. The molecule has 0 amide bonds. The third kappa shape index (κ3) is 4.03. The smallest absolute Gasteiger partial charge is 0.138 e. The van der Waals surface area contributed by atoms with E-state index in [1.54, 1.807) is 6.07 Å². The van der Waals surface area contributed by atoms with Crippen LogP contribution in [0.3, 0.4) is 0 Å². The molecule has 1 fully saturated rings. The minimum Gasteiger partial charge on any atom is -0.376 e. The average molecular weight is 262 g/mol. The maximum Gasteiger partial charge on any atom is 0.138 e. The Morgan fingerprint density at radius 1 is 1.53 bits per heavy atom. The highest BCUT2D eigenvalue weighted by molar-refractivity contribution is 5.38. The van der Waals surface area contributed by atoms with Crippen LogP contribution in [0.5, 0.6) is 0 Å². The Morgan fingerprint density at radius 3 is 3.11 bits per heavy atom. The van der Waals surface area contributed by atoms with Crippen molar-refractivity contribution in [2.75, 3.05) is 26.2 Å². The lowest BCUT2D eigenvalue weighted by atomic mass is 10.1. The monoisotopic (exact) mass is 262 g/mol. The van der Waals surface area contributed by atoms with E-state index in [1.165, 1.54) is 6.07 Å². The topological polar surface area (TPSA) is 38.5 Å². The fraction of sp³-hybridized carbons (Fsp3) is 0.467. The maximum atomic E-state index is 13.6. The Hall–Kier alpha value is -1.41. The van der Waals surface area contributed by atoms with Crippen LogP contribution in [0.1, 0.15) is 18.1 Å². The number of morpholine rings is 1. The van der Waals surface area contributed by atoms with Crippen LogP contribution in [0.2, 0.25) is 0 Å². The summed E-state index contributed by atoms with van der Waals surface area (Å²) in [5.41, 5.74) is 6.80. The third-order valence-electron chi connectivity index (χ3n) is 3.09. The fourth-order valence-corrected chi connectivity index (χ4v) is 2.21. The second-order valence-electron chi connectivity index (χ2n) is 4.74. The van der Waals surface area contributed by atoms with Crippen molar-refractivity contribution in [2.45, 2.75) is 19.6 Å². The van der Waals surface area contributed by atoms with Crippen LogP contribution in [-0.2, 0) is 11.3 Å². The lowest BCUT2D eigenvalue weighted by Crippen LogP contribution is -2.40. The Labute approximate surface area is 113 Å². The number of ether oxygens (including phenoxy) is 1. The van der Waals surface area contributed by atoms with Gasteiger partial charge in [0, 0.05) is 19.6 Å². The summed E-state index contributed by atoms with van der Waals surface area (Å²) in [6.07, 6.45) is 0.255. The molecule has 1 aromatic carbocycles. The first-order valence-corrected chi connectivity index (χ1v) is 6.50. The number of hydrogen-bond acceptors (Lipinski definition) is 3. The zero-order valence-corrected chi connectivity index (χ0v) is 11.2. The van der Waals surface area contributed by atoms with Gasteiger partial charge in [0.2, 0.25) is 0 Å². The van der Waals surface area contributed by atoms with E-state index in [-0.39, 0.29) is 18.5 Å². The molecule has 1 aliphatic rings. The zero-order chi connectivity index (χ0) is 13.7. The van der Waals surface area contributed by atoms with Gasteiger partial charge >= 0.3 is 0 Å². The highest BCUT2D eigenvalue weighted by atomic mass is 19.1. The van der Waals surface area contributed by atoms with Gasteiger partial charge in [0.1, 0.15) is 5.82 Å². The lowest BCUT2D eigenvalue weighted by molar-refractivity contribution is -0.0212. The molecule has 4 heteroatoms. The Morgan fingerprint density at radius 2 is 2.37 bits per heavy atom. The number of nitrogens with zero attached hydrogens (tertiary/aromatic N) is 1. The molecule has 1 aromatic rings. The second-order valence-corrected chi connectivity index (χ2v) is 4.74. The van der Waals surface area contributed by atoms with Crippen molar-refractivity contribution in [3.63, 3.8) is 0 Å². The molecule has 0 bridgehead atoms. The van der Waals surface area contributed by atoms with Crippen LogP contribution in [0.4, 0.5) is 4.39 Å². The van der Waals surface area contributed by atoms with E-state index >= 15 is 0 Å². The highest BCUT2D eigenvalue weighted by Crippen LogP contribution is 2.14. The van der Waals surface area contributed by atoms with Crippen molar-refractivity contribution in [2.24, 2.45) is 5.73 Å². The Bertz CT molecular complexity index is 493. The van der Waals surface area contributed by atoms with Gasteiger partial charge in [-0.2, -0.15) is 0 Å². The normalized spacial score (nSPS) is 19.8. The molecule has 0 saturated carbocycles. The van der Waals surface area contributed by atoms with Gasteiger partial charge in [0.25, 0.3) is 0 Å². The number of nitrogens with two attached hydrogens (primary N) is 1. The minimum atomic E-state index is -0.292. The number of hydrogen-bond donors (Lipinski definition) is 1. The average Bonchev–Trinajstić information content (AvgIpc) is 2.39. The van der Waals surface area contributed by atoms with Gasteiger partial charge in [0.05, 0.1) is 24.8 Å². The molecule has 1 saturated heterocycles. The van der Waals surface area contributed by atoms with Gasteiger partial charge in [-0.25, -0.2) is 4.39 Å². The molecule has 3 nitrogen and oxygen atoms in total. The molecule has 0 spiro atoms. The largest absolute Gasteiger partial charge is 0.376 e. The molecule has 0 radical (unpaired) electrons. The predicted molar refractivity (Wildman–Crippen MR) is 73.0 cm³/mol. The molecule has 1 atom stereocenters. The lowest BCUT2D eigenvalue weighted by Gasteiger charge is -2.31. The summed E-state index contributed by atoms with van der Waals surface area (Å²) in [5.74, 6) is 5.16. The number of halogens is 1. The SMILES string of the molecule is CC1CN(Cc2ccc(F)c(C#CCN)c2)CCO1. The summed E-state index contributed by atoms with van der Waals surface area (Å²) in [5, 5.41) is 0. The van der Waals surface area contributed by atoms with Crippen LogP contribution in [0.15, 0.2) is 18.2 Å².